The molecule has 2 saturated heterocycles. The molecule has 4 atom stereocenters. The fraction of sp³-hybridized carbons (Fsp3) is 0.435. The Morgan fingerprint density at radius 2 is 2.03 bits per heavy atom. The molecule has 2 fully saturated rings. The number of nitrogens with zero attached hydrogens (tertiary/aromatic N) is 1. The molecule has 3 aliphatic rings. The van der Waals surface area contributed by atoms with Gasteiger partial charge >= 0.3 is 0 Å². The SMILES string of the molecule is O=C(N[C@@H]1C[C@H]2CCN(C2)C1)c1ccc2c(c1)OC[C@H](COc1ccccc1)O2. The van der Waals surface area contributed by atoms with Gasteiger partial charge in [0.2, 0.25) is 0 Å². The molecule has 0 radical (unpaired) electrons. The Kier molecular flexibility index (Phi) is 5.02. The second kappa shape index (κ2) is 7.95. The molecule has 2 aromatic carbocycles. The molecule has 3 aliphatic heterocycles. The average Bonchev–Trinajstić information content (AvgIpc) is 3.10. The van der Waals surface area contributed by atoms with Crippen LogP contribution in [0, 0.1) is 5.92 Å². The summed E-state index contributed by atoms with van der Waals surface area (Å²) in [5.41, 5.74) is 0.610. The number of carbonyl (C=O) groups is 1. The minimum absolute atomic E-state index is 0.0431. The van der Waals surface area contributed by atoms with Crippen molar-refractivity contribution in [2.24, 2.45) is 5.92 Å². The summed E-state index contributed by atoms with van der Waals surface area (Å²) in [6, 6.07) is 15.3. The second-order valence-electron chi connectivity index (χ2n) is 8.16. The highest BCUT2D eigenvalue weighted by molar-refractivity contribution is 5.95. The summed E-state index contributed by atoms with van der Waals surface area (Å²) in [6.45, 7) is 4.10. The third-order valence-electron chi connectivity index (χ3n) is 5.90. The lowest BCUT2D eigenvalue weighted by atomic mass is 9.96. The molecular formula is C23H26N2O4. The van der Waals surface area contributed by atoms with Crippen molar-refractivity contribution in [1.29, 1.82) is 0 Å². The Balaban J connectivity index is 1.18. The van der Waals surface area contributed by atoms with Gasteiger partial charge in [0.05, 0.1) is 0 Å². The summed E-state index contributed by atoms with van der Waals surface area (Å²) in [5, 5.41) is 3.19. The van der Waals surface area contributed by atoms with Gasteiger partial charge in [0.15, 0.2) is 17.6 Å². The quantitative estimate of drug-likeness (QED) is 0.845. The van der Waals surface area contributed by atoms with Gasteiger partial charge in [0, 0.05) is 24.7 Å². The number of rotatable bonds is 5. The fourth-order valence-corrected chi connectivity index (χ4v) is 4.48. The van der Waals surface area contributed by atoms with Crippen molar-refractivity contribution in [1.82, 2.24) is 10.2 Å². The molecule has 1 unspecified atom stereocenters. The number of para-hydroxylation sites is 1. The molecule has 152 valence electrons. The highest BCUT2D eigenvalue weighted by Crippen LogP contribution is 2.33. The number of hydrogen-bond acceptors (Lipinski definition) is 5. The van der Waals surface area contributed by atoms with Crippen molar-refractivity contribution >= 4 is 5.91 Å². The summed E-state index contributed by atoms with van der Waals surface area (Å²) in [7, 11) is 0. The lowest BCUT2D eigenvalue weighted by Gasteiger charge is -2.30. The van der Waals surface area contributed by atoms with Crippen LogP contribution in [0.2, 0.25) is 0 Å². The summed E-state index contributed by atoms with van der Waals surface area (Å²) >= 11 is 0. The van der Waals surface area contributed by atoms with E-state index in [1.165, 1.54) is 13.0 Å². The molecule has 1 N–H and O–H groups in total. The zero-order valence-electron chi connectivity index (χ0n) is 16.4. The number of piperidine rings is 1. The second-order valence-corrected chi connectivity index (χ2v) is 8.16. The van der Waals surface area contributed by atoms with E-state index < -0.39 is 0 Å². The van der Waals surface area contributed by atoms with E-state index in [0.29, 0.717) is 30.3 Å². The van der Waals surface area contributed by atoms with Gasteiger partial charge in [-0.3, -0.25) is 4.79 Å². The molecular weight excluding hydrogens is 368 g/mol. The van der Waals surface area contributed by atoms with Crippen molar-refractivity contribution in [3.63, 3.8) is 0 Å². The number of amides is 1. The third-order valence-corrected chi connectivity index (χ3v) is 5.90. The van der Waals surface area contributed by atoms with Gasteiger partial charge in [-0.15, -0.1) is 0 Å². The van der Waals surface area contributed by atoms with Gasteiger partial charge in [0.1, 0.15) is 19.0 Å². The Labute approximate surface area is 170 Å². The first-order valence-corrected chi connectivity index (χ1v) is 10.4. The van der Waals surface area contributed by atoms with E-state index in [-0.39, 0.29) is 18.1 Å². The van der Waals surface area contributed by atoms with Crippen LogP contribution in [0.15, 0.2) is 48.5 Å². The van der Waals surface area contributed by atoms with E-state index in [9.17, 15) is 4.79 Å². The van der Waals surface area contributed by atoms with Crippen LogP contribution >= 0.6 is 0 Å². The van der Waals surface area contributed by atoms with E-state index >= 15 is 0 Å². The van der Waals surface area contributed by atoms with Crippen LogP contribution in [-0.2, 0) is 0 Å². The first-order chi connectivity index (χ1) is 14.2. The Bertz CT molecular complexity index is 860. The van der Waals surface area contributed by atoms with Crippen LogP contribution in [0.5, 0.6) is 17.2 Å². The van der Waals surface area contributed by atoms with Gasteiger partial charge in [-0.1, -0.05) is 18.2 Å². The Morgan fingerprint density at radius 3 is 2.90 bits per heavy atom. The molecule has 0 aliphatic carbocycles. The lowest BCUT2D eigenvalue weighted by Crippen LogP contribution is -2.47. The topological polar surface area (TPSA) is 60.0 Å². The van der Waals surface area contributed by atoms with E-state index in [1.54, 1.807) is 12.1 Å². The number of hydrogen-bond donors (Lipinski definition) is 1. The van der Waals surface area contributed by atoms with Gasteiger partial charge in [-0.2, -0.15) is 0 Å². The molecule has 6 heteroatoms. The lowest BCUT2D eigenvalue weighted by molar-refractivity contribution is 0.0534. The first kappa shape index (κ1) is 18.3. The smallest absolute Gasteiger partial charge is 0.251 e. The summed E-state index contributed by atoms with van der Waals surface area (Å²) in [6.07, 6.45) is 2.15. The molecule has 2 bridgehead atoms. The first-order valence-electron chi connectivity index (χ1n) is 10.4. The van der Waals surface area contributed by atoms with Gasteiger partial charge in [-0.05, 0) is 55.6 Å². The number of ether oxygens (including phenoxy) is 3. The molecule has 29 heavy (non-hydrogen) atoms. The van der Waals surface area contributed by atoms with Crippen LogP contribution in [0.4, 0.5) is 0 Å². The van der Waals surface area contributed by atoms with Gasteiger partial charge in [-0.25, -0.2) is 0 Å². The number of carbonyl (C=O) groups excluding carboxylic acids is 1. The molecule has 1 amide bonds. The predicted octanol–water partition coefficient (Wildman–Crippen LogP) is 2.73. The molecule has 5 rings (SSSR count). The van der Waals surface area contributed by atoms with Gasteiger partial charge in [0.25, 0.3) is 5.91 Å². The summed E-state index contributed by atoms with van der Waals surface area (Å²) in [5.74, 6) is 2.75. The zero-order valence-corrected chi connectivity index (χ0v) is 16.4. The van der Waals surface area contributed by atoms with Crippen LogP contribution < -0.4 is 19.5 Å². The number of benzene rings is 2. The summed E-state index contributed by atoms with van der Waals surface area (Å²) < 4.78 is 17.6. The summed E-state index contributed by atoms with van der Waals surface area (Å²) in [4.78, 5) is 15.2. The third kappa shape index (κ3) is 4.17. The average molecular weight is 394 g/mol. The van der Waals surface area contributed by atoms with Crippen LogP contribution in [0.1, 0.15) is 23.2 Å². The normalized spacial score (nSPS) is 27.3. The number of nitrogens with one attached hydrogen (secondary N) is 1. The van der Waals surface area contributed by atoms with Crippen LogP contribution in [0.3, 0.4) is 0 Å². The largest absolute Gasteiger partial charge is 0.490 e. The maximum absolute atomic E-state index is 12.7. The van der Waals surface area contributed by atoms with Crippen molar-refractivity contribution in [2.45, 2.75) is 25.0 Å². The van der Waals surface area contributed by atoms with Crippen molar-refractivity contribution < 1.29 is 19.0 Å². The van der Waals surface area contributed by atoms with Gasteiger partial charge < -0.3 is 24.4 Å². The predicted molar refractivity (Wildman–Crippen MR) is 109 cm³/mol. The highest BCUT2D eigenvalue weighted by Gasteiger charge is 2.33. The van der Waals surface area contributed by atoms with E-state index in [2.05, 4.69) is 10.2 Å². The van der Waals surface area contributed by atoms with E-state index in [4.69, 9.17) is 14.2 Å². The maximum Gasteiger partial charge on any atom is 0.251 e. The van der Waals surface area contributed by atoms with E-state index in [1.807, 2.05) is 36.4 Å². The molecule has 0 aromatic heterocycles. The molecule has 6 nitrogen and oxygen atoms in total. The number of fused-ring (bicyclic) bond motifs is 3. The Morgan fingerprint density at radius 1 is 1.14 bits per heavy atom. The molecule has 0 spiro atoms. The Hall–Kier alpha value is -2.73. The fourth-order valence-electron chi connectivity index (χ4n) is 4.48. The van der Waals surface area contributed by atoms with Crippen molar-refractivity contribution in [3.05, 3.63) is 54.1 Å². The standard InChI is InChI=1S/C23H26N2O4/c26-23(24-18-10-16-8-9-25(12-16)13-18)17-6-7-21-22(11-17)28-15-20(29-21)14-27-19-4-2-1-3-5-19/h1-7,11,16,18,20H,8-10,12-15H2,(H,24,26)/t16-,18-,20+/m1/s1. The molecule has 2 aromatic rings. The maximum atomic E-state index is 12.7. The minimum Gasteiger partial charge on any atom is -0.490 e. The zero-order chi connectivity index (χ0) is 19.6. The molecule has 3 heterocycles. The van der Waals surface area contributed by atoms with E-state index in [0.717, 1.165) is 31.2 Å². The van der Waals surface area contributed by atoms with Crippen LogP contribution in [-0.4, -0.2) is 55.8 Å². The minimum atomic E-state index is -0.186. The van der Waals surface area contributed by atoms with Crippen molar-refractivity contribution in [2.75, 3.05) is 32.8 Å². The highest BCUT2D eigenvalue weighted by atomic mass is 16.6. The van der Waals surface area contributed by atoms with Crippen molar-refractivity contribution in [3.8, 4) is 17.2 Å². The molecule has 0 saturated carbocycles. The monoisotopic (exact) mass is 394 g/mol. The van der Waals surface area contributed by atoms with Crippen LogP contribution in [0.25, 0.3) is 0 Å².